The van der Waals surface area contributed by atoms with Gasteiger partial charge in [-0.3, -0.25) is 4.90 Å². The van der Waals surface area contributed by atoms with E-state index in [1.165, 1.54) is 45.6 Å². The highest BCUT2D eigenvalue weighted by Gasteiger charge is 2.24. The van der Waals surface area contributed by atoms with E-state index in [0.717, 1.165) is 12.6 Å². The van der Waals surface area contributed by atoms with Crippen molar-refractivity contribution in [2.75, 3.05) is 53.4 Å². The van der Waals surface area contributed by atoms with Crippen molar-refractivity contribution < 1.29 is 0 Å². The fourth-order valence-electron chi connectivity index (χ4n) is 3.24. The molecule has 0 amide bonds. The van der Waals surface area contributed by atoms with Gasteiger partial charge in [0.1, 0.15) is 0 Å². The third kappa shape index (κ3) is 4.42. The maximum atomic E-state index is 3.81. The number of rotatable bonds is 4. The lowest BCUT2D eigenvalue weighted by molar-refractivity contribution is 0.105. The predicted molar refractivity (Wildman–Crippen MR) is 81.6 cm³/mol. The molecule has 2 saturated heterocycles. The average molecular weight is 268 g/mol. The first-order chi connectivity index (χ1) is 9.06. The van der Waals surface area contributed by atoms with E-state index in [2.05, 4.69) is 48.0 Å². The highest BCUT2D eigenvalue weighted by atomic mass is 15.3. The molecule has 0 aromatic rings. The van der Waals surface area contributed by atoms with Gasteiger partial charge < -0.3 is 15.1 Å². The Labute approximate surface area is 119 Å². The van der Waals surface area contributed by atoms with Crippen LogP contribution in [0.3, 0.4) is 0 Å². The molecule has 1 atom stereocenters. The van der Waals surface area contributed by atoms with Crippen LogP contribution in [0.1, 0.15) is 26.7 Å². The minimum atomic E-state index is 0.682. The summed E-state index contributed by atoms with van der Waals surface area (Å²) < 4.78 is 0. The zero-order valence-electron chi connectivity index (χ0n) is 13.2. The molecule has 4 nitrogen and oxygen atoms in total. The second kappa shape index (κ2) is 7.02. The second-order valence-corrected chi connectivity index (χ2v) is 6.71. The molecule has 0 spiro atoms. The van der Waals surface area contributed by atoms with Gasteiger partial charge in [-0.25, -0.2) is 0 Å². The van der Waals surface area contributed by atoms with Crippen molar-refractivity contribution in [3.63, 3.8) is 0 Å². The Morgan fingerprint density at radius 2 is 1.74 bits per heavy atom. The van der Waals surface area contributed by atoms with Crippen LogP contribution in [0.2, 0.25) is 0 Å². The van der Waals surface area contributed by atoms with Gasteiger partial charge in [0, 0.05) is 44.3 Å². The number of likely N-dealkylation sites (tertiary alicyclic amines) is 1. The molecule has 19 heavy (non-hydrogen) atoms. The zero-order valence-corrected chi connectivity index (χ0v) is 13.2. The van der Waals surface area contributed by atoms with Crippen molar-refractivity contribution in [2.24, 2.45) is 0 Å². The smallest absolute Gasteiger partial charge is 0.0345 e. The van der Waals surface area contributed by atoms with Crippen LogP contribution in [0, 0.1) is 0 Å². The number of nitrogens with one attached hydrogen (secondary N) is 1. The maximum absolute atomic E-state index is 3.81. The van der Waals surface area contributed by atoms with Crippen LogP contribution in [0.5, 0.6) is 0 Å². The Hall–Kier alpha value is -0.160. The van der Waals surface area contributed by atoms with E-state index in [1.807, 2.05) is 0 Å². The Kier molecular flexibility index (Phi) is 5.63. The van der Waals surface area contributed by atoms with Crippen LogP contribution in [0.25, 0.3) is 0 Å². The normalized spacial score (nSPS) is 29.2. The van der Waals surface area contributed by atoms with Gasteiger partial charge in [-0.05, 0) is 53.9 Å². The second-order valence-electron chi connectivity index (χ2n) is 6.71. The number of hydrogen-bond donors (Lipinski definition) is 1. The number of likely N-dealkylation sites (N-methyl/N-ethyl adjacent to an activating group) is 2. The van der Waals surface area contributed by atoms with Crippen LogP contribution >= 0.6 is 0 Å². The molecule has 0 radical (unpaired) electrons. The van der Waals surface area contributed by atoms with Crippen molar-refractivity contribution in [1.29, 1.82) is 0 Å². The standard InChI is InChI=1S/C15H32N4/c1-13(2)19-7-5-14(6-8-19)16-11-15-12-17(3)9-10-18(15)4/h13-16H,5-12H2,1-4H3. The lowest BCUT2D eigenvalue weighted by Crippen LogP contribution is -2.55. The SMILES string of the molecule is CC(C)N1CCC(NCC2CN(C)CCN2C)CC1. The fraction of sp³-hybridized carbons (Fsp3) is 1.00. The first-order valence-electron chi connectivity index (χ1n) is 7.92. The molecule has 2 aliphatic heterocycles. The van der Waals surface area contributed by atoms with Crippen molar-refractivity contribution in [3.05, 3.63) is 0 Å². The van der Waals surface area contributed by atoms with E-state index in [9.17, 15) is 0 Å². The summed E-state index contributed by atoms with van der Waals surface area (Å²) in [4.78, 5) is 7.56. The van der Waals surface area contributed by atoms with Crippen LogP contribution in [0.15, 0.2) is 0 Å². The lowest BCUT2D eigenvalue weighted by atomic mass is 10.0. The largest absolute Gasteiger partial charge is 0.312 e. The van der Waals surface area contributed by atoms with Gasteiger partial charge >= 0.3 is 0 Å². The van der Waals surface area contributed by atoms with Gasteiger partial charge in [-0.15, -0.1) is 0 Å². The molecule has 2 rings (SSSR count). The molecule has 2 fully saturated rings. The van der Waals surface area contributed by atoms with Gasteiger partial charge in [-0.2, -0.15) is 0 Å². The first kappa shape index (κ1) is 15.2. The molecule has 0 aromatic carbocycles. The van der Waals surface area contributed by atoms with Gasteiger partial charge in [0.25, 0.3) is 0 Å². The summed E-state index contributed by atoms with van der Waals surface area (Å²) in [6, 6.07) is 2.12. The molecule has 0 saturated carbocycles. The van der Waals surface area contributed by atoms with Crippen LogP contribution in [-0.4, -0.2) is 86.2 Å². The Morgan fingerprint density at radius 3 is 2.37 bits per heavy atom. The number of hydrogen-bond acceptors (Lipinski definition) is 4. The van der Waals surface area contributed by atoms with E-state index < -0.39 is 0 Å². The van der Waals surface area contributed by atoms with Crippen molar-refractivity contribution in [3.8, 4) is 0 Å². The highest BCUT2D eigenvalue weighted by Crippen LogP contribution is 2.13. The summed E-state index contributed by atoms with van der Waals surface area (Å²) in [5.41, 5.74) is 0. The van der Waals surface area contributed by atoms with Crippen LogP contribution < -0.4 is 5.32 Å². The molecule has 0 aliphatic carbocycles. The first-order valence-corrected chi connectivity index (χ1v) is 7.92. The number of piperidine rings is 1. The van der Waals surface area contributed by atoms with Gasteiger partial charge in [0.15, 0.2) is 0 Å². The number of nitrogens with zero attached hydrogens (tertiary/aromatic N) is 3. The third-order valence-corrected chi connectivity index (χ3v) is 4.88. The summed E-state index contributed by atoms with van der Waals surface area (Å²) >= 11 is 0. The summed E-state index contributed by atoms with van der Waals surface area (Å²) in [5.74, 6) is 0. The molecule has 112 valence electrons. The predicted octanol–water partition coefficient (Wildman–Crippen LogP) is 0.695. The summed E-state index contributed by atoms with van der Waals surface area (Å²) in [6.07, 6.45) is 2.62. The van der Waals surface area contributed by atoms with Crippen LogP contribution in [-0.2, 0) is 0 Å². The third-order valence-electron chi connectivity index (χ3n) is 4.88. The molecule has 1 unspecified atom stereocenters. The monoisotopic (exact) mass is 268 g/mol. The van der Waals surface area contributed by atoms with E-state index in [-0.39, 0.29) is 0 Å². The van der Waals surface area contributed by atoms with Crippen molar-refractivity contribution in [2.45, 2.75) is 44.8 Å². The van der Waals surface area contributed by atoms with Crippen LogP contribution in [0.4, 0.5) is 0 Å². The quantitative estimate of drug-likeness (QED) is 0.810. The van der Waals surface area contributed by atoms with E-state index >= 15 is 0 Å². The molecular formula is C15H32N4. The molecule has 2 aliphatic rings. The molecule has 2 heterocycles. The number of piperazine rings is 1. The lowest BCUT2D eigenvalue weighted by Gasteiger charge is -2.40. The fourth-order valence-corrected chi connectivity index (χ4v) is 3.24. The van der Waals surface area contributed by atoms with E-state index in [1.54, 1.807) is 0 Å². The average Bonchev–Trinajstić information content (AvgIpc) is 2.40. The van der Waals surface area contributed by atoms with Crippen molar-refractivity contribution in [1.82, 2.24) is 20.0 Å². The van der Waals surface area contributed by atoms with Gasteiger partial charge in [0.2, 0.25) is 0 Å². The minimum absolute atomic E-state index is 0.682. The molecule has 0 aromatic heterocycles. The Morgan fingerprint density at radius 1 is 1.05 bits per heavy atom. The summed E-state index contributed by atoms with van der Waals surface area (Å²) in [5, 5.41) is 3.81. The maximum Gasteiger partial charge on any atom is 0.0345 e. The Balaban J connectivity index is 1.68. The molecule has 1 N–H and O–H groups in total. The van der Waals surface area contributed by atoms with Crippen molar-refractivity contribution >= 4 is 0 Å². The van der Waals surface area contributed by atoms with E-state index in [4.69, 9.17) is 0 Å². The zero-order chi connectivity index (χ0) is 13.8. The van der Waals surface area contributed by atoms with E-state index in [0.29, 0.717) is 12.1 Å². The topological polar surface area (TPSA) is 21.8 Å². The molecular weight excluding hydrogens is 236 g/mol. The minimum Gasteiger partial charge on any atom is -0.312 e. The summed E-state index contributed by atoms with van der Waals surface area (Å²) in [7, 11) is 4.50. The van der Waals surface area contributed by atoms with Gasteiger partial charge in [0.05, 0.1) is 0 Å². The molecule has 4 heteroatoms. The molecule has 0 bridgehead atoms. The van der Waals surface area contributed by atoms with Gasteiger partial charge in [-0.1, -0.05) is 0 Å². The Bertz CT molecular complexity index is 261. The summed E-state index contributed by atoms with van der Waals surface area (Å²) in [6.45, 7) is 11.9. The highest BCUT2D eigenvalue weighted by molar-refractivity contribution is 4.84.